The number of aromatic nitrogens is 1. The summed E-state index contributed by atoms with van der Waals surface area (Å²) >= 11 is 1.30. The monoisotopic (exact) mass is 276 g/mol. The van der Waals surface area contributed by atoms with Gasteiger partial charge in [-0.15, -0.1) is 11.3 Å². The topological polar surface area (TPSA) is 68.3 Å². The largest absolute Gasteiger partial charge is 0.447 e. The van der Waals surface area contributed by atoms with Crippen molar-refractivity contribution < 1.29 is 14.3 Å². The van der Waals surface area contributed by atoms with Crippen molar-refractivity contribution in [3.63, 3.8) is 0 Å². The Labute approximate surface area is 114 Å². The molecule has 0 bridgehead atoms. The molecule has 0 spiro atoms. The van der Waals surface area contributed by atoms with E-state index in [0.717, 1.165) is 0 Å². The van der Waals surface area contributed by atoms with Crippen molar-refractivity contribution in [1.29, 1.82) is 0 Å². The zero-order valence-corrected chi connectivity index (χ0v) is 11.0. The fraction of sp³-hybridized carbons (Fsp3) is 0.154. The number of nitrogens with one attached hydrogen (secondary N) is 1. The van der Waals surface area contributed by atoms with E-state index >= 15 is 0 Å². The zero-order valence-electron chi connectivity index (χ0n) is 10.2. The van der Waals surface area contributed by atoms with Crippen molar-refractivity contribution in [2.45, 2.75) is 13.0 Å². The van der Waals surface area contributed by atoms with Crippen LogP contribution in [0.5, 0.6) is 0 Å². The van der Waals surface area contributed by atoms with Crippen molar-refractivity contribution in [3.8, 4) is 0 Å². The molecule has 0 aliphatic rings. The van der Waals surface area contributed by atoms with Crippen LogP contribution in [-0.2, 0) is 14.3 Å². The van der Waals surface area contributed by atoms with Gasteiger partial charge in [-0.1, -0.05) is 30.3 Å². The Bertz CT molecular complexity index is 555. The maximum Gasteiger partial charge on any atom is 0.303 e. The van der Waals surface area contributed by atoms with Crippen molar-refractivity contribution in [1.82, 2.24) is 4.98 Å². The molecule has 2 aromatic rings. The lowest BCUT2D eigenvalue weighted by atomic mass is 10.1. The molecule has 0 saturated heterocycles. The number of carbonyl (C=O) groups excluding carboxylic acids is 2. The lowest BCUT2D eigenvalue weighted by Gasteiger charge is -2.16. The Balaban J connectivity index is 2.18. The lowest BCUT2D eigenvalue weighted by molar-refractivity contribution is -0.152. The fourth-order valence-corrected chi connectivity index (χ4v) is 2.05. The van der Waals surface area contributed by atoms with Crippen molar-refractivity contribution in [3.05, 3.63) is 47.5 Å². The summed E-state index contributed by atoms with van der Waals surface area (Å²) in [6, 6.07) is 8.85. The molecule has 0 radical (unpaired) electrons. The molecule has 1 aromatic heterocycles. The van der Waals surface area contributed by atoms with E-state index in [0.29, 0.717) is 10.7 Å². The van der Waals surface area contributed by atoms with Gasteiger partial charge in [0.05, 0.1) is 0 Å². The van der Waals surface area contributed by atoms with Gasteiger partial charge in [-0.25, -0.2) is 4.98 Å². The average molecular weight is 276 g/mol. The standard InChI is InChI=1S/C13H12N2O3S/c1-9(16)18-11(10-5-3-2-4-6-10)12(17)15-13-14-7-8-19-13/h2-8,11H,1H3,(H,14,15,17)/t11-/m1/s1. The first-order chi connectivity index (χ1) is 9.16. The highest BCUT2D eigenvalue weighted by molar-refractivity contribution is 7.13. The van der Waals surface area contributed by atoms with Crippen LogP contribution < -0.4 is 5.32 Å². The summed E-state index contributed by atoms with van der Waals surface area (Å²) in [5.41, 5.74) is 0.617. The number of benzene rings is 1. The van der Waals surface area contributed by atoms with Gasteiger partial charge in [0.15, 0.2) is 5.13 Å². The highest BCUT2D eigenvalue weighted by atomic mass is 32.1. The second-order valence-electron chi connectivity index (χ2n) is 3.73. The molecule has 0 aliphatic heterocycles. The predicted octanol–water partition coefficient (Wildman–Crippen LogP) is 2.39. The van der Waals surface area contributed by atoms with Crippen LogP contribution >= 0.6 is 11.3 Å². The summed E-state index contributed by atoms with van der Waals surface area (Å²) in [5, 5.41) is 4.84. The Hall–Kier alpha value is -2.21. The third-order valence-electron chi connectivity index (χ3n) is 2.29. The van der Waals surface area contributed by atoms with Crippen LogP contribution in [0.15, 0.2) is 41.9 Å². The van der Waals surface area contributed by atoms with Gasteiger partial charge < -0.3 is 4.74 Å². The molecule has 0 fully saturated rings. The van der Waals surface area contributed by atoms with E-state index < -0.39 is 18.0 Å². The van der Waals surface area contributed by atoms with E-state index in [9.17, 15) is 9.59 Å². The van der Waals surface area contributed by atoms with Gasteiger partial charge in [0.1, 0.15) is 0 Å². The first-order valence-electron chi connectivity index (χ1n) is 5.59. The van der Waals surface area contributed by atoms with E-state index in [1.54, 1.807) is 35.8 Å². The molecule has 0 saturated carbocycles. The minimum Gasteiger partial charge on any atom is -0.447 e. The third-order valence-corrected chi connectivity index (χ3v) is 2.98. The molecule has 6 heteroatoms. The summed E-state index contributed by atoms with van der Waals surface area (Å²) in [7, 11) is 0. The quantitative estimate of drug-likeness (QED) is 0.871. The van der Waals surface area contributed by atoms with Crippen LogP contribution in [0.4, 0.5) is 5.13 Å². The Morgan fingerprint density at radius 3 is 2.63 bits per heavy atom. The lowest BCUT2D eigenvalue weighted by Crippen LogP contribution is -2.25. The SMILES string of the molecule is CC(=O)O[C@@H](C(=O)Nc1nccs1)c1ccccc1. The zero-order chi connectivity index (χ0) is 13.7. The van der Waals surface area contributed by atoms with E-state index in [1.807, 2.05) is 6.07 Å². The second-order valence-corrected chi connectivity index (χ2v) is 4.62. The minimum absolute atomic E-state index is 0.420. The molecule has 1 amide bonds. The van der Waals surface area contributed by atoms with Crippen molar-refractivity contribution >= 4 is 28.3 Å². The van der Waals surface area contributed by atoms with Crippen LogP contribution in [0.3, 0.4) is 0 Å². The van der Waals surface area contributed by atoms with Gasteiger partial charge in [0, 0.05) is 24.1 Å². The molecular formula is C13H12N2O3S. The average Bonchev–Trinajstić information content (AvgIpc) is 2.89. The third kappa shape index (κ3) is 3.62. The summed E-state index contributed by atoms with van der Waals surface area (Å²) in [4.78, 5) is 27.2. The summed E-state index contributed by atoms with van der Waals surface area (Å²) in [5.74, 6) is -0.931. The molecule has 19 heavy (non-hydrogen) atoms. The molecule has 98 valence electrons. The molecule has 1 aromatic carbocycles. The van der Waals surface area contributed by atoms with E-state index in [-0.39, 0.29) is 0 Å². The van der Waals surface area contributed by atoms with Gasteiger partial charge in [0.2, 0.25) is 6.10 Å². The summed E-state index contributed by atoms with van der Waals surface area (Å²) in [6.45, 7) is 1.27. The van der Waals surface area contributed by atoms with Crippen molar-refractivity contribution in [2.75, 3.05) is 5.32 Å². The molecule has 1 atom stereocenters. The molecule has 1 N–H and O–H groups in total. The van der Waals surface area contributed by atoms with Crippen LogP contribution in [0, 0.1) is 0 Å². The highest BCUT2D eigenvalue weighted by Gasteiger charge is 2.24. The van der Waals surface area contributed by atoms with Gasteiger partial charge in [0.25, 0.3) is 5.91 Å². The maximum absolute atomic E-state index is 12.1. The van der Waals surface area contributed by atoms with Gasteiger partial charge >= 0.3 is 5.97 Å². The highest BCUT2D eigenvalue weighted by Crippen LogP contribution is 2.20. The maximum atomic E-state index is 12.1. The minimum atomic E-state index is -0.970. The number of hydrogen-bond acceptors (Lipinski definition) is 5. The number of thiazole rings is 1. The molecule has 0 aliphatic carbocycles. The first-order valence-corrected chi connectivity index (χ1v) is 6.47. The molecular weight excluding hydrogens is 264 g/mol. The number of hydrogen-bond donors (Lipinski definition) is 1. The van der Waals surface area contributed by atoms with Gasteiger partial charge in [-0.2, -0.15) is 0 Å². The normalized spacial score (nSPS) is 11.6. The van der Waals surface area contributed by atoms with E-state index in [4.69, 9.17) is 4.74 Å². The number of anilines is 1. The number of carbonyl (C=O) groups is 2. The van der Waals surface area contributed by atoms with Crippen molar-refractivity contribution in [2.24, 2.45) is 0 Å². The molecule has 2 rings (SSSR count). The van der Waals surface area contributed by atoms with E-state index in [2.05, 4.69) is 10.3 Å². The number of ether oxygens (including phenoxy) is 1. The molecule has 0 unspecified atom stereocenters. The summed E-state index contributed by atoms with van der Waals surface area (Å²) < 4.78 is 5.07. The van der Waals surface area contributed by atoms with Crippen LogP contribution in [0.1, 0.15) is 18.6 Å². The van der Waals surface area contributed by atoms with Gasteiger partial charge in [-0.05, 0) is 0 Å². The number of nitrogens with zero attached hydrogens (tertiary/aromatic N) is 1. The Kier molecular flexibility index (Phi) is 4.25. The Morgan fingerprint density at radius 1 is 1.32 bits per heavy atom. The van der Waals surface area contributed by atoms with Crippen LogP contribution in [0.2, 0.25) is 0 Å². The Morgan fingerprint density at radius 2 is 2.05 bits per heavy atom. The molecule has 1 heterocycles. The van der Waals surface area contributed by atoms with Gasteiger partial charge in [-0.3, -0.25) is 14.9 Å². The predicted molar refractivity (Wildman–Crippen MR) is 71.7 cm³/mol. The fourth-order valence-electron chi connectivity index (χ4n) is 1.52. The van der Waals surface area contributed by atoms with Crippen LogP contribution in [0.25, 0.3) is 0 Å². The number of esters is 1. The number of amides is 1. The number of rotatable bonds is 4. The second kappa shape index (κ2) is 6.10. The smallest absolute Gasteiger partial charge is 0.303 e. The van der Waals surface area contributed by atoms with Crippen LogP contribution in [-0.4, -0.2) is 16.9 Å². The molecule has 5 nitrogen and oxygen atoms in total. The first kappa shape index (κ1) is 13.2. The summed E-state index contributed by atoms with van der Waals surface area (Å²) in [6.07, 6.45) is 0.617. The van der Waals surface area contributed by atoms with E-state index in [1.165, 1.54) is 18.3 Å².